The average molecular weight is 2120 g/mol. The van der Waals surface area contributed by atoms with Crippen LogP contribution in [0.1, 0.15) is 466 Å². The van der Waals surface area contributed by atoms with Crippen LogP contribution in [-0.2, 0) is 0 Å². The zero-order chi connectivity index (χ0) is 104. The van der Waals surface area contributed by atoms with Crippen LogP contribution in [-0.4, -0.2) is 63.9 Å². The first-order valence-corrected chi connectivity index (χ1v) is 64.6. The maximum atomic E-state index is 6.96. The third-order valence-electron chi connectivity index (χ3n) is 31.0. The summed E-state index contributed by atoms with van der Waals surface area (Å²) in [5, 5.41) is 7.86. The monoisotopic (exact) mass is 2120 g/mol. The van der Waals surface area contributed by atoms with E-state index >= 15 is 0 Å². The molecule has 2 aliphatic rings. The van der Waals surface area contributed by atoms with Gasteiger partial charge < -0.3 is 18.9 Å². The number of fused-ring (bicyclic) bond motifs is 4. The Morgan fingerprint density at radius 1 is 0.201 bits per heavy atom. The van der Waals surface area contributed by atoms with Crippen molar-refractivity contribution in [1.82, 2.24) is 37.4 Å². The van der Waals surface area contributed by atoms with Crippen molar-refractivity contribution in [2.24, 2.45) is 23.7 Å². The molecule has 0 saturated heterocycles. The topological polar surface area (TPSA) is 153 Å². The van der Waals surface area contributed by atoms with E-state index in [4.69, 9.17) is 56.4 Å². The first kappa shape index (κ1) is 118. The van der Waals surface area contributed by atoms with Gasteiger partial charge in [0.25, 0.3) is 0 Å². The number of nitrogens with zero attached hydrogens (tertiary/aromatic N) is 12. The highest BCUT2D eigenvalue weighted by Gasteiger charge is 2.43. The Hall–Kier alpha value is -8.34. The second kappa shape index (κ2) is 69.4. The van der Waals surface area contributed by atoms with Gasteiger partial charge in [0.1, 0.15) is 43.0 Å². The van der Waals surface area contributed by atoms with Crippen molar-refractivity contribution in [3.63, 3.8) is 0 Å². The Labute approximate surface area is 921 Å². The van der Waals surface area contributed by atoms with Crippen LogP contribution in [0.4, 0.5) is 66.5 Å². The summed E-state index contributed by atoms with van der Waals surface area (Å²) in [5.41, 5.74) is 6.68. The van der Waals surface area contributed by atoms with Crippen molar-refractivity contribution in [2.45, 2.75) is 466 Å². The minimum absolute atomic E-state index is 0.503. The number of unbranched alkanes of at least 4 members (excludes halogenated alkanes) is 48. The second-order valence-corrected chi connectivity index (χ2v) is 47.4. The zero-order valence-corrected chi connectivity index (χ0v) is 97.4. The van der Waals surface area contributed by atoms with Gasteiger partial charge >= 0.3 is 0 Å². The predicted molar refractivity (Wildman–Crippen MR) is 643 cm³/mol. The lowest BCUT2D eigenvalue weighted by Crippen LogP contribution is -2.26. The third kappa shape index (κ3) is 38.4. The molecule has 13 rings (SSSR count). The number of aromatic nitrogens is 8. The lowest BCUT2D eigenvalue weighted by molar-refractivity contribution is 0.224. The van der Waals surface area contributed by atoms with E-state index in [1.54, 1.807) is 34.0 Å². The van der Waals surface area contributed by atoms with E-state index < -0.39 is 0 Å². The Bertz CT molecular complexity index is 5010. The summed E-state index contributed by atoms with van der Waals surface area (Å²) in [6.07, 6.45) is 83.2. The second-order valence-electron chi connectivity index (χ2n) is 43.4. The van der Waals surface area contributed by atoms with Gasteiger partial charge in [-0.05, 0) is 219 Å². The Morgan fingerprint density at radius 3 is 0.564 bits per heavy atom. The van der Waals surface area contributed by atoms with Crippen LogP contribution >= 0.6 is 57.5 Å². The molecule has 4 unspecified atom stereocenters. The first-order valence-electron chi connectivity index (χ1n) is 60.5. The van der Waals surface area contributed by atoms with Crippen LogP contribution in [0.2, 0.25) is 0 Å². The fourth-order valence-electron chi connectivity index (χ4n) is 21.8. The quantitative estimate of drug-likeness (QED) is 0.0332. The summed E-state index contributed by atoms with van der Waals surface area (Å²) in [6.45, 7) is 21.3. The van der Waals surface area contributed by atoms with Crippen LogP contribution in [0, 0.1) is 23.7 Å². The van der Waals surface area contributed by atoms with E-state index in [-0.39, 0.29) is 0 Å². The van der Waals surface area contributed by atoms with E-state index in [0.29, 0.717) is 96.6 Å². The van der Waals surface area contributed by atoms with Gasteiger partial charge in [0, 0.05) is 22.3 Å². The fourth-order valence-corrected chi connectivity index (χ4v) is 25.3. The standard InChI is InChI=1S/C128H188N12O4S5/c1-9-17-25-33-41-45-53-61-71-101(67-57-49-37-29-21-13-5)97-141-109-85-77-105(78-86-109)117-119(107-81-89-111(90-82-107)143-99-103(69-59-51-39-31-23-15-7)73-63-55-47-43-35-27-19-11-3)131-123-121(129-117)137(113-75-65-95-145-113)125-127(135-148-133-125)139(123)115-93-94-116(147-115)140-124-122(138(114-76-66-96-146-114)126-128(140)136-149-134-126)130-118(106-79-87-110(88-80-106)142-98-102(68-58-50-38-30-22-14-6)72-62-54-46-42-34-26-18-10-2)120(132-124)108-83-91-112(92-84-108)144-100-104(70-60-52-40-32-24-16-8)74-64-56-48-44-36-28-20-12-4/h65-66,75-96,101-104H,9-64,67-74,97-100H2,1-8H3. The minimum Gasteiger partial charge on any atom is -0.493 e. The molecule has 11 aromatic rings. The van der Waals surface area contributed by atoms with Gasteiger partial charge in [-0.25, -0.2) is 19.9 Å². The summed E-state index contributed by atoms with van der Waals surface area (Å²) in [7, 11) is 0. The smallest absolute Gasteiger partial charge is 0.198 e. The molecule has 814 valence electrons. The zero-order valence-electron chi connectivity index (χ0n) is 93.3. The van der Waals surface area contributed by atoms with Crippen molar-refractivity contribution in [3.8, 4) is 68.0 Å². The van der Waals surface area contributed by atoms with Gasteiger partial charge in [-0.3, -0.25) is 19.6 Å². The molecular weight excluding hydrogens is 1930 g/mol. The Morgan fingerprint density at radius 2 is 0.383 bits per heavy atom. The molecule has 16 nitrogen and oxygen atoms in total. The number of benzene rings is 4. The highest BCUT2D eigenvalue weighted by atomic mass is 32.1. The SMILES string of the molecule is CCCCCCCCCCC(CCCCCCCC)COc1ccc(-c2nc3c(nc2-c2ccc(OCC(CCCCCCCC)CCCCCCCCCC)cc2)N(c2ccc(N4c5nsnc5N(c5cccs5)c5nc(-c6ccc(OCC(CCCCCCCC)CCCCCCCCCC)cc6)c(-c6ccc(OCC(CCCCCCCC)CCCCCCCCCC)cc6)nc54)s2)c2nsnc2N3c2cccs2)cc1. The highest BCUT2D eigenvalue weighted by Crippen LogP contribution is 2.60. The average Bonchev–Trinajstić information content (AvgIpc) is 1.63. The van der Waals surface area contributed by atoms with Gasteiger partial charge in [-0.2, -0.15) is 17.5 Å². The molecule has 21 heteroatoms. The van der Waals surface area contributed by atoms with Crippen LogP contribution in [0.5, 0.6) is 23.0 Å². The summed E-state index contributed by atoms with van der Waals surface area (Å²) < 4.78 is 48.8. The molecule has 0 bridgehead atoms. The number of thiophene rings is 3. The number of hydrogen-bond acceptors (Lipinski definition) is 21. The van der Waals surface area contributed by atoms with Crippen molar-refractivity contribution in [1.29, 1.82) is 0 Å². The summed E-state index contributed by atoms with van der Waals surface area (Å²) in [6, 6.07) is 47.8. The molecule has 0 N–H and O–H groups in total. The van der Waals surface area contributed by atoms with E-state index in [9.17, 15) is 0 Å². The fraction of sp³-hybridized carbons (Fsp3) is 0.625. The molecule has 0 aliphatic carbocycles. The van der Waals surface area contributed by atoms with Crippen LogP contribution < -0.4 is 38.5 Å². The minimum atomic E-state index is 0.503. The van der Waals surface area contributed by atoms with Gasteiger partial charge in [-0.15, -0.1) is 22.7 Å². The molecule has 0 amide bonds. The van der Waals surface area contributed by atoms with Gasteiger partial charge in [0.05, 0.1) is 72.7 Å². The summed E-state index contributed by atoms with van der Waals surface area (Å²) in [4.78, 5) is 32.8. The number of hydrogen-bond donors (Lipinski definition) is 0. The molecule has 0 spiro atoms. The lowest BCUT2D eigenvalue weighted by Gasteiger charge is -2.34. The van der Waals surface area contributed by atoms with Crippen molar-refractivity contribution >= 4 is 124 Å². The summed E-state index contributed by atoms with van der Waals surface area (Å²) >= 11 is 7.31. The molecule has 9 heterocycles. The number of ether oxygens (including phenoxy) is 4. The maximum Gasteiger partial charge on any atom is 0.198 e. The van der Waals surface area contributed by atoms with Gasteiger partial charge in [0.15, 0.2) is 46.5 Å². The van der Waals surface area contributed by atoms with Crippen LogP contribution in [0.25, 0.3) is 45.0 Å². The van der Waals surface area contributed by atoms with E-state index in [2.05, 4.69) is 219 Å². The Balaban J connectivity index is 0.872. The summed E-state index contributed by atoms with van der Waals surface area (Å²) in [5.74, 6) is 10.7. The maximum absolute atomic E-state index is 6.96. The largest absolute Gasteiger partial charge is 0.493 e. The molecule has 0 saturated carbocycles. The van der Waals surface area contributed by atoms with E-state index in [1.165, 1.54) is 434 Å². The van der Waals surface area contributed by atoms with Crippen molar-refractivity contribution in [2.75, 3.05) is 46.0 Å². The molecular formula is C128H188N12O4S5. The number of rotatable bonds is 84. The molecule has 0 radical (unpaired) electrons. The normalized spacial score (nSPS) is 13.2. The highest BCUT2D eigenvalue weighted by molar-refractivity contribution is 7.20. The molecule has 4 aromatic carbocycles. The van der Waals surface area contributed by atoms with E-state index in [1.807, 2.05) is 0 Å². The molecule has 4 atom stereocenters. The van der Waals surface area contributed by atoms with E-state index in [0.717, 1.165) is 88.0 Å². The molecule has 7 aromatic heterocycles. The van der Waals surface area contributed by atoms with Gasteiger partial charge in [0.2, 0.25) is 0 Å². The molecule has 2 aliphatic heterocycles. The molecule has 149 heavy (non-hydrogen) atoms. The Kier molecular flexibility index (Phi) is 54.9. The van der Waals surface area contributed by atoms with Crippen molar-refractivity contribution in [3.05, 3.63) is 144 Å². The third-order valence-corrected chi connectivity index (χ3v) is 34.8. The first-order chi connectivity index (χ1) is 73.7. The van der Waals surface area contributed by atoms with Crippen molar-refractivity contribution < 1.29 is 18.9 Å². The van der Waals surface area contributed by atoms with Crippen LogP contribution in [0.15, 0.2) is 144 Å². The molecule has 0 fully saturated rings. The van der Waals surface area contributed by atoms with Crippen LogP contribution in [0.3, 0.4) is 0 Å². The predicted octanol–water partition coefficient (Wildman–Crippen LogP) is 43.4. The lowest BCUT2D eigenvalue weighted by atomic mass is 9.94. The number of anilines is 12. The van der Waals surface area contributed by atoms with Gasteiger partial charge in [-0.1, -0.05) is 426 Å².